The number of halogens is 3. The molecule has 144 valence electrons. The summed E-state index contributed by atoms with van der Waals surface area (Å²) in [6.07, 6.45) is 0. The van der Waals surface area contributed by atoms with Crippen LogP contribution in [0, 0.1) is 11.8 Å². The van der Waals surface area contributed by atoms with Crippen LogP contribution in [0.4, 0.5) is 13.2 Å². The second-order valence-corrected chi connectivity index (χ2v) is 6.11. The Kier molecular flexibility index (Phi) is 5.32. The number of ether oxygens (including phenoxy) is 1. The third-order valence-corrected chi connectivity index (χ3v) is 4.53. The van der Waals surface area contributed by atoms with Gasteiger partial charge in [0, 0.05) is 12.6 Å². The average Bonchev–Trinajstić information content (AvgIpc) is 2.92. The molecule has 7 heteroatoms. The molecular formula is C21H18F3N3O. The Morgan fingerprint density at radius 1 is 1.21 bits per heavy atom. The first kappa shape index (κ1) is 19.4. The Morgan fingerprint density at radius 3 is 2.50 bits per heavy atom. The minimum Gasteiger partial charge on any atom is -0.435 e. The van der Waals surface area contributed by atoms with E-state index < -0.39 is 18.8 Å². The van der Waals surface area contributed by atoms with Crippen molar-refractivity contribution in [1.29, 1.82) is 0 Å². The fourth-order valence-corrected chi connectivity index (χ4v) is 3.16. The lowest BCUT2D eigenvalue weighted by molar-refractivity contribution is -0.0498. The van der Waals surface area contributed by atoms with Gasteiger partial charge >= 0.3 is 6.61 Å². The number of rotatable bonds is 4. The third kappa shape index (κ3) is 3.41. The SMILES string of the molecule is C=C1N(C)C(N)=N[C@]1(c1ccc(OC(F)F)cc1)c1cccc(C#CCF)c1. The van der Waals surface area contributed by atoms with E-state index in [1.807, 2.05) is 6.07 Å². The molecule has 2 N–H and O–H groups in total. The van der Waals surface area contributed by atoms with E-state index in [1.165, 1.54) is 12.1 Å². The number of hydrogen-bond acceptors (Lipinski definition) is 4. The summed E-state index contributed by atoms with van der Waals surface area (Å²) in [4.78, 5) is 6.30. The molecule has 1 aliphatic rings. The second kappa shape index (κ2) is 7.69. The van der Waals surface area contributed by atoms with E-state index in [9.17, 15) is 13.2 Å². The van der Waals surface area contributed by atoms with Crippen LogP contribution in [0.25, 0.3) is 0 Å². The zero-order valence-corrected chi connectivity index (χ0v) is 15.1. The van der Waals surface area contributed by atoms with Gasteiger partial charge in [0.15, 0.2) is 18.2 Å². The summed E-state index contributed by atoms with van der Waals surface area (Å²) in [7, 11) is 1.74. The number of hydrogen-bond donors (Lipinski definition) is 1. The highest BCUT2D eigenvalue weighted by Gasteiger charge is 2.44. The maximum absolute atomic E-state index is 12.5. The molecule has 0 radical (unpaired) electrons. The molecular weight excluding hydrogens is 367 g/mol. The van der Waals surface area contributed by atoms with E-state index in [0.717, 1.165) is 5.56 Å². The molecule has 0 fully saturated rings. The van der Waals surface area contributed by atoms with E-state index in [-0.39, 0.29) is 11.7 Å². The lowest BCUT2D eigenvalue weighted by Crippen LogP contribution is -2.32. The number of benzene rings is 2. The largest absolute Gasteiger partial charge is 0.435 e. The van der Waals surface area contributed by atoms with E-state index in [2.05, 4.69) is 28.1 Å². The van der Waals surface area contributed by atoms with E-state index in [0.29, 0.717) is 16.8 Å². The van der Waals surface area contributed by atoms with Gasteiger partial charge in [-0.3, -0.25) is 0 Å². The standard InChI is InChI=1S/C21H18F3N3O/c1-14-21(26-20(25)27(14)2,16-8-10-18(11-9-16)28-19(23)24)17-7-3-5-15(13-17)6-4-12-22/h3,5,7-11,13,19H,1,12H2,2H3,(H2,25,26)/t21-/m1/s1. The van der Waals surface area contributed by atoms with Crippen LogP contribution < -0.4 is 10.5 Å². The van der Waals surface area contributed by atoms with Gasteiger partial charge in [-0.05, 0) is 35.4 Å². The lowest BCUT2D eigenvalue weighted by atomic mass is 9.80. The van der Waals surface area contributed by atoms with Crippen LogP contribution in [0.2, 0.25) is 0 Å². The fraction of sp³-hybridized carbons (Fsp3) is 0.190. The first-order valence-electron chi connectivity index (χ1n) is 8.37. The number of nitrogens with two attached hydrogens (primary N) is 1. The minimum absolute atomic E-state index is 0.0328. The molecule has 0 aromatic heterocycles. The Labute approximate surface area is 161 Å². The van der Waals surface area contributed by atoms with Crippen LogP contribution in [0.1, 0.15) is 16.7 Å². The molecule has 4 nitrogen and oxygen atoms in total. The van der Waals surface area contributed by atoms with Gasteiger partial charge in [-0.2, -0.15) is 8.78 Å². The molecule has 0 bridgehead atoms. The molecule has 0 saturated heterocycles. The predicted molar refractivity (Wildman–Crippen MR) is 102 cm³/mol. The Hall–Kier alpha value is -3.40. The van der Waals surface area contributed by atoms with Crippen molar-refractivity contribution in [3.8, 4) is 17.6 Å². The molecule has 0 spiro atoms. The molecule has 2 aromatic rings. The maximum atomic E-state index is 12.5. The summed E-state index contributed by atoms with van der Waals surface area (Å²) < 4.78 is 41.7. The minimum atomic E-state index is -2.91. The van der Waals surface area contributed by atoms with E-state index in [1.54, 1.807) is 42.3 Å². The summed E-state index contributed by atoms with van der Waals surface area (Å²) >= 11 is 0. The third-order valence-electron chi connectivity index (χ3n) is 4.53. The van der Waals surface area contributed by atoms with Crippen molar-refractivity contribution in [2.45, 2.75) is 12.2 Å². The summed E-state index contributed by atoms with van der Waals surface area (Å²) in [5.41, 5.74) is 7.58. The van der Waals surface area contributed by atoms with Crippen molar-refractivity contribution < 1.29 is 17.9 Å². The number of likely N-dealkylation sites (N-methyl/N-ethyl adjacent to an activating group) is 1. The second-order valence-electron chi connectivity index (χ2n) is 6.11. The van der Waals surface area contributed by atoms with Gasteiger partial charge in [-0.15, -0.1) is 0 Å². The fourth-order valence-electron chi connectivity index (χ4n) is 3.16. The summed E-state index contributed by atoms with van der Waals surface area (Å²) in [6.45, 7) is 0.480. The average molecular weight is 385 g/mol. The van der Waals surface area contributed by atoms with E-state index in [4.69, 9.17) is 5.73 Å². The normalized spacial score (nSPS) is 18.7. The lowest BCUT2D eigenvalue weighted by Gasteiger charge is -2.30. The first-order valence-corrected chi connectivity index (χ1v) is 8.37. The Balaban J connectivity index is 2.15. The topological polar surface area (TPSA) is 50.8 Å². The van der Waals surface area contributed by atoms with Crippen LogP contribution in [-0.4, -0.2) is 31.2 Å². The van der Waals surface area contributed by atoms with Crippen molar-refractivity contribution in [3.05, 3.63) is 77.5 Å². The number of guanidine groups is 1. The van der Waals surface area contributed by atoms with Crippen LogP contribution in [0.5, 0.6) is 5.75 Å². The summed E-state index contributed by atoms with van der Waals surface area (Å²) in [5.74, 6) is 5.43. The van der Waals surface area contributed by atoms with Gasteiger partial charge in [0.05, 0.1) is 5.70 Å². The zero-order chi connectivity index (χ0) is 20.3. The molecule has 1 atom stereocenters. The van der Waals surface area contributed by atoms with Gasteiger partial charge < -0.3 is 15.4 Å². The quantitative estimate of drug-likeness (QED) is 0.818. The first-order chi connectivity index (χ1) is 13.4. The van der Waals surface area contributed by atoms with Gasteiger partial charge in [0.2, 0.25) is 0 Å². The number of aliphatic imine (C=N–C) groups is 1. The molecule has 28 heavy (non-hydrogen) atoms. The Morgan fingerprint density at radius 2 is 1.93 bits per heavy atom. The zero-order valence-electron chi connectivity index (χ0n) is 15.1. The van der Waals surface area contributed by atoms with Crippen LogP contribution in [0.15, 0.2) is 65.8 Å². The smallest absolute Gasteiger partial charge is 0.387 e. The summed E-state index contributed by atoms with van der Waals surface area (Å²) in [5, 5.41) is 0. The molecule has 2 aromatic carbocycles. The van der Waals surface area contributed by atoms with Crippen LogP contribution in [0.3, 0.4) is 0 Å². The Bertz CT molecular complexity index is 976. The molecule has 0 unspecified atom stereocenters. The van der Waals surface area contributed by atoms with Gasteiger partial charge in [0.25, 0.3) is 0 Å². The van der Waals surface area contributed by atoms with Gasteiger partial charge in [-0.1, -0.05) is 42.7 Å². The maximum Gasteiger partial charge on any atom is 0.387 e. The van der Waals surface area contributed by atoms with Gasteiger partial charge in [-0.25, -0.2) is 9.38 Å². The number of alkyl halides is 3. The predicted octanol–water partition coefficient (Wildman–Crippen LogP) is 3.63. The van der Waals surface area contributed by atoms with Crippen molar-refractivity contribution in [2.24, 2.45) is 10.7 Å². The number of nitrogens with zero attached hydrogens (tertiary/aromatic N) is 2. The highest BCUT2D eigenvalue weighted by molar-refractivity contribution is 5.85. The molecule has 3 rings (SSSR count). The van der Waals surface area contributed by atoms with Crippen LogP contribution in [-0.2, 0) is 5.54 Å². The molecule has 0 amide bonds. The molecule has 0 saturated carbocycles. The van der Waals surface area contributed by atoms with E-state index >= 15 is 0 Å². The van der Waals surface area contributed by atoms with Crippen molar-refractivity contribution >= 4 is 5.96 Å². The monoisotopic (exact) mass is 385 g/mol. The van der Waals surface area contributed by atoms with Crippen molar-refractivity contribution in [2.75, 3.05) is 13.7 Å². The summed E-state index contributed by atoms with van der Waals surface area (Å²) in [6, 6.07) is 13.3. The van der Waals surface area contributed by atoms with Crippen molar-refractivity contribution in [3.63, 3.8) is 0 Å². The molecule has 1 heterocycles. The van der Waals surface area contributed by atoms with Crippen LogP contribution >= 0.6 is 0 Å². The van der Waals surface area contributed by atoms with Gasteiger partial charge in [0.1, 0.15) is 5.75 Å². The highest BCUT2D eigenvalue weighted by atomic mass is 19.3. The molecule has 0 aliphatic carbocycles. The molecule has 1 aliphatic heterocycles. The highest BCUT2D eigenvalue weighted by Crippen LogP contribution is 2.45. The van der Waals surface area contributed by atoms with Crippen molar-refractivity contribution in [1.82, 2.24) is 4.90 Å².